The van der Waals surface area contributed by atoms with E-state index in [0.717, 1.165) is 28.3 Å². The van der Waals surface area contributed by atoms with Gasteiger partial charge in [-0.15, -0.1) is 0 Å². The predicted octanol–water partition coefficient (Wildman–Crippen LogP) is 3.24. The number of aryl methyl sites for hydroxylation is 3. The highest BCUT2D eigenvalue weighted by molar-refractivity contribution is 6.31. The molecule has 1 atom stereocenters. The zero-order chi connectivity index (χ0) is 14.2. The Hall–Kier alpha value is -1.32. The molecule has 0 spiro atoms. The molecule has 19 heavy (non-hydrogen) atoms. The first-order valence-corrected chi connectivity index (χ1v) is 6.78. The molecule has 0 bridgehead atoms. The molecule has 4 heteroatoms. The number of rotatable bonds is 3. The molecular weight excluding hydrogens is 258 g/mol. The maximum absolute atomic E-state index is 6.30. The van der Waals surface area contributed by atoms with Crippen LogP contribution in [0.15, 0.2) is 18.2 Å². The molecule has 2 N–H and O–H groups in total. The summed E-state index contributed by atoms with van der Waals surface area (Å²) in [5.74, 6) is 0. The average Bonchev–Trinajstić information content (AvgIpc) is 2.59. The second-order valence-electron chi connectivity index (χ2n) is 5.09. The van der Waals surface area contributed by atoms with Crippen LogP contribution in [0.3, 0.4) is 0 Å². The van der Waals surface area contributed by atoms with Crippen LogP contribution in [0.4, 0.5) is 0 Å². The van der Waals surface area contributed by atoms with Crippen LogP contribution in [-0.4, -0.2) is 9.78 Å². The molecular formula is C15H20ClN3. The standard InChI is InChI=1S/C15H20ClN3/c1-9-5-6-12(7-14(9)16)15(17)8-13-10(2)18-19(4)11(13)3/h5-7,15H,8,17H2,1-4H3. The molecule has 2 aromatic rings. The Bertz CT molecular complexity index is 602. The first kappa shape index (κ1) is 14.1. The molecule has 0 aliphatic heterocycles. The Kier molecular flexibility index (Phi) is 3.97. The van der Waals surface area contributed by atoms with Crippen LogP contribution in [0, 0.1) is 20.8 Å². The van der Waals surface area contributed by atoms with Crippen LogP contribution < -0.4 is 5.73 Å². The van der Waals surface area contributed by atoms with Crippen molar-refractivity contribution in [2.24, 2.45) is 12.8 Å². The summed E-state index contributed by atoms with van der Waals surface area (Å²) in [6.07, 6.45) is 0.783. The lowest BCUT2D eigenvalue weighted by molar-refractivity contribution is 0.707. The molecule has 1 heterocycles. The van der Waals surface area contributed by atoms with E-state index in [1.807, 2.05) is 43.8 Å². The van der Waals surface area contributed by atoms with Crippen molar-refractivity contribution >= 4 is 11.6 Å². The Morgan fingerprint density at radius 3 is 2.53 bits per heavy atom. The number of nitrogens with zero attached hydrogens (tertiary/aromatic N) is 2. The Morgan fingerprint density at radius 2 is 2.00 bits per heavy atom. The lowest BCUT2D eigenvalue weighted by Gasteiger charge is -2.13. The molecule has 1 unspecified atom stereocenters. The second kappa shape index (κ2) is 5.35. The number of hydrogen-bond donors (Lipinski definition) is 1. The van der Waals surface area contributed by atoms with Crippen molar-refractivity contribution in [2.75, 3.05) is 0 Å². The lowest BCUT2D eigenvalue weighted by atomic mass is 9.98. The van der Waals surface area contributed by atoms with Crippen molar-refractivity contribution in [3.8, 4) is 0 Å². The maximum atomic E-state index is 6.30. The van der Waals surface area contributed by atoms with Gasteiger partial charge < -0.3 is 5.73 Å². The SMILES string of the molecule is Cc1ccc(C(N)Cc2c(C)nn(C)c2C)cc1Cl. The highest BCUT2D eigenvalue weighted by Gasteiger charge is 2.15. The zero-order valence-corrected chi connectivity index (χ0v) is 12.6. The van der Waals surface area contributed by atoms with Crippen molar-refractivity contribution < 1.29 is 0 Å². The first-order valence-electron chi connectivity index (χ1n) is 6.41. The fourth-order valence-electron chi connectivity index (χ4n) is 2.29. The molecule has 0 amide bonds. The smallest absolute Gasteiger partial charge is 0.0629 e. The topological polar surface area (TPSA) is 43.8 Å². The third-order valence-electron chi connectivity index (χ3n) is 3.71. The molecule has 1 aromatic carbocycles. The maximum Gasteiger partial charge on any atom is 0.0629 e. The van der Waals surface area contributed by atoms with Gasteiger partial charge in [-0.25, -0.2) is 0 Å². The van der Waals surface area contributed by atoms with Crippen LogP contribution in [-0.2, 0) is 13.5 Å². The van der Waals surface area contributed by atoms with Gasteiger partial charge in [-0.05, 0) is 49.9 Å². The summed E-state index contributed by atoms with van der Waals surface area (Å²) >= 11 is 6.16. The highest BCUT2D eigenvalue weighted by Crippen LogP contribution is 2.24. The van der Waals surface area contributed by atoms with Gasteiger partial charge >= 0.3 is 0 Å². The summed E-state index contributed by atoms with van der Waals surface area (Å²) < 4.78 is 1.90. The second-order valence-corrected chi connectivity index (χ2v) is 5.50. The van der Waals surface area contributed by atoms with Crippen LogP contribution >= 0.6 is 11.6 Å². The summed E-state index contributed by atoms with van der Waals surface area (Å²) in [4.78, 5) is 0. The minimum atomic E-state index is -0.0558. The largest absolute Gasteiger partial charge is 0.324 e. The Labute approximate surface area is 119 Å². The van der Waals surface area contributed by atoms with E-state index in [2.05, 4.69) is 12.0 Å². The van der Waals surface area contributed by atoms with Crippen LogP contribution in [0.25, 0.3) is 0 Å². The van der Waals surface area contributed by atoms with E-state index in [1.54, 1.807) is 0 Å². The third kappa shape index (κ3) is 2.82. The van der Waals surface area contributed by atoms with E-state index in [4.69, 9.17) is 17.3 Å². The normalized spacial score (nSPS) is 12.7. The minimum absolute atomic E-state index is 0.0558. The number of aromatic nitrogens is 2. The number of benzene rings is 1. The molecule has 0 radical (unpaired) electrons. The summed E-state index contributed by atoms with van der Waals surface area (Å²) in [7, 11) is 1.96. The van der Waals surface area contributed by atoms with Gasteiger partial charge in [0.15, 0.2) is 0 Å². The Morgan fingerprint density at radius 1 is 1.32 bits per heavy atom. The zero-order valence-electron chi connectivity index (χ0n) is 11.9. The molecule has 0 saturated carbocycles. The minimum Gasteiger partial charge on any atom is -0.324 e. The van der Waals surface area contributed by atoms with Crippen LogP contribution in [0.2, 0.25) is 5.02 Å². The Balaban J connectivity index is 2.25. The summed E-state index contributed by atoms with van der Waals surface area (Å²) in [6.45, 7) is 6.09. The fourth-order valence-corrected chi connectivity index (χ4v) is 2.48. The summed E-state index contributed by atoms with van der Waals surface area (Å²) in [5, 5.41) is 5.19. The molecule has 102 valence electrons. The number of halogens is 1. The van der Waals surface area contributed by atoms with Gasteiger partial charge in [0.25, 0.3) is 0 Å². The molecule has 2 rings (SSSR count). The summed E-state index contributed by atoms with van der Waals surface area (Å²) in [6, 6.07) is 5.97. The van der Waals surface area contributed by atoms with Gasteiger partial charge in [-0.1, -0.05) is 23.7 Å². The monoisotopic (exact) mass is 277 g/mol. The average molecular weight is 278 g/mol. The van der Waals surface area contributed by atoms with Crippen molar-refractivity contribution in [3.63, 3.8) is 0 Å². The van der Waals surface area contributed by atoms with Gasteiger partial charge in [-0.2, -0.15) is 5.10 Å². The molecule has 0 saturated heterocycles. The third-order valence-corrected chi connectivity index (χ3v) is 4.11. The van der Waals surface area contributed by atoms with E-state index in [-0.39, 0.29) is 6.04 Å². The fraction of sp³-hybridized carbons (Fsp3) is 0.400. The van der Waals surface area contributed by atoms with E-state index in [0.29, 0.717) is 0 Å². The number of nitrogens with two attached hydrogens (primary N) is 1. The van der Waals surface area contributed by atoms with E-state index >= 15 is 0 Å². The molecule has 0 aliphatic carbocycles. The molecule has 0 aliphatic rings. The van der Waals surface area contributed by atoms with Crippen molar-refractivity contribution in [3.05, 3.63) is 51.3 Å². The number of hydrogen-bond acceptors (Lipinski definition) is 2. The van der Waals surface area contributed by atoms with E-state index in [1.165, 1.54) is 11.3 Å². The van der Waals surface area contributed by atoms with Gasteiger partial charge in [0, 0.05) is 23.8 Å². The molecule has 1 aromatic heterocycles. The lowest BCUT2D eigenvalue weighted by Crippen LogP contribution is -2.14. The first-order chi connectivity index (χ1) is 8.90. The van der Waals surface area contributed by atoms with Crippen LogP contribution in [0.5, 0.6) is 0 Å². The van der Waals surface area contributed by atoms with Crippen molar-refractivity contribution in [2.45, 2.75) is 33.2 Å². The summed E-state index contributed by atoms with van der Waals surface area (Å²) in [5.41, 5.74) is 11.9. The van der Waals surface area contributed by atoms with Gasteiger partial charge in [0.1, 0.15) is 0 Å². The van der Waals surface area contributed by atoms with Gasteiger partial charge in [-0.3, -0.25) is 4.68 Å². The highest BCUT2D eigenvalue weighted by atomic mass is 35.5. The molecule has 3 nitrogen and oxygen atoms in total. The van der Waals surface area contributed by atoms with Crippen LogP contribution in [0.1, 0.15) is 34.1 Å². The predicted molar refractivity (Wildman–Crippen MR) is 79.5 cm³/mol. The van der Waals surface area contributed by atoms with Gasteiger partial charge in [0.2, 0.25) is 0 Å². The molecule has 0 fully saturated rings. The quantitative estimate of drug-likeness (QED) is 0.936. The van der Waals surface area contributed by atoms with Crippen molar-refractivity contribution in [1.29, 1.82) is 0 Å². The van der Waals surface area contributed by atoms with E-state index < -0.39 is 0 Å². The van der Waals surface area contributed by atoms with E-state index in [9.17, 15) is 0 Å². The van der Waals surface area contributed by atoms with Gasteiger partial charge in [0.05, 0.1) is 5.69 Å². The van der Waals surface area contributed by atoms with Crippen molar-refractivity contribution in [1.82, 2.24) is 9.78 Å².